The zero-order valence-electron chi connectivity index (χ0n) is 15.4. The van der Waals surface area contributed by atoms with Crippen LogP contribution in [0.15, 0.2) is 0 Å². The molecule has 2 rings (SSSR count). The van der Waals surface area contributed by atoms with Gasteiger partial charge in [-0.1, -0.05) is 0 Å². The molecule has 0 unspecified atom stereocenters. The summed E-state index contributed by atoms with van der Waals surface area (Å²) >= 11 is 5.06. The van der Waals surface area contributed by atoms with E-state index in [1.165, 1.54) is 11.7 Å². The molecule has 26 heavy (non-hydrogen) atoms. The number of piperazine rings is 1. The highest BCUT2D eigenvalue weighted by Gasteiger charge is 2.37. The van der Waals surface area contributed by atoms with Crippen molar-refractivity contribution in [3.05, 3.63) is 10.6 Å². The van der Waals surface area contributed by atoms with Gasteiger partial charge in [-0.15, -0.1) is 5.10 Å². The third-order valence-corrected chi connectivity index (χ3v) is 4.46. The Morgan fingerprint density at radius 3 is 2.15 bits per heavy atom. The second-order valence-electron chi connectivity index (χ2n) is 7.50. The van der Waals surface area contributed by atoms with E-state index in [1.807, 2.05) is 30.6 Å². The van der Waals surface area contributed by atoms with Gasteiger partial charge in [-0.2, -0.15) is 13.2 Å². The van der Waals surface area contributed by atoms with Crippen LogP contribution < -0.4 is 5.32 Å². The summed E-state index contributed by atoms with van der Waals surface area (Å²) in [5.41, 5.74) is -0.273. The molecule has 1 aromatic heterocycles. The summed E-state index contributed by atoms with van der Waals surface area (Å²) in [5.74, 6) is -1.03. The number of halogens is 3. The van der Waals surface area contributed by atoms with Crippen LogP contribution >= 0.6 is 12.2 Å². The number of rotatable bonds is 4. The Kier molecular flexibility index (Phi) is 6.13. The van der Waals surface area contributed by atoms with Gasteiger partial charge in [0.05, 0.1) is 13.2 Å². The lowest BCUT2D eigenvalue weighted by Crippen LogP contribution is -2.51. The van der Waals surface area contributed by atoms with Gasteiger partial charge in [0.2, 0.25) is 11.7 Å². The molecule has 1 aromatic rings. The monoisotopic (exact) mass is 394 g/mol. The number of carbonyl (C=O) groups is 1. The first-order valence-corrected chi connectivity index (χ1v) is 8.74. The first-order chi connectivity index (χ1) is 11.9. The van der Waals surface area contributed by atoms with E-state index in [9.17, 15) is 18.0 Å². The van der Waals surface area contributed by atoms with E-state index in [1.54, 1.807) is 0 Å². The molecule has 7 nitrogen and oxygen atoms in total. The fourth-order valence-corrected chi connectivity index (χ4v) is 2.95. The van der Waals surface area contributed by atoms with Crippen LogP contribution in [0.1, 0.15) is 26.6 Å². The molecule has 1 aliphatic heterocycles. The number of carbonyl (C=O) groups excluding carboxylic acids is 1. The van der Waals surface area contributed by atoms with Crippen molar-refractivity contribution in [3.8, 4) is 0 Å². The molecular weight excluding hydrogens is 369 g/mol. The van der Waals surface area contributed by atoms with Crippen molar-refractivity contribution in [2.45, 2.75) is 39.2 Å². The predicted molar refractivity (Wildman–Crippen MR) is 92.9 cm³/mol. The van der Waals surface area contributed by atoms with E-state index in [2.05, 4.69) is 10.4 Å². The number of hydrogen-bond acceptors (Lipinski definition) is 5. The van der Waals surface area contributed by atoms with Crippen molar-refractivity contribution in [2.75, 3.05) is 32.7 Å². The highest BCUT2D eigenvalue weighted by molar-refractivity contribution is 7.71. The molecule has 0 aliphatic carbocycles. The minimum Gasteiger partial charge on any atom is -0.350 e. The number of nitrogens with zero attached hydrogens (tertiary/aromatic N) is 5. The van der Waals surface area contributed by atoms with Gasteiger partial charge in [-0.25, -0.2) is 4.68 Å². The second kappa shape index (κ2) is 7.65. The van der Waals surface area contributed by atoms with E-state index in [-0.39, 0.29) is 22.9 Å². The van der Waals surface area contributed by atoms with Crippen molar-refractivity contribution in [2.24, 2.45) is 7.05 Å². The molecule has 1 aliphatic rings. The molecule has 1 amide bonds. The Hall–Kier alpha value is -1.46. The van der Waals surface area contributed by atoms with Crippen LogP contribution in [0.4, 0.5) is 13.2 Å². The lowest BCUT2D eigenvalue weighted by molar-refractivity contribution is -0.147. The van der Waals surface area contributed by atoms with Crippen LogP contribution in [0.25, 0.3) is 0 Å². The average Bonchev–Trinajstić information content (AvgIpc) is 2.75. The third-order valence-electron chi connectivity index (χ3n) is 3.97. The maximum Gasteiger partial charge on any atom is 0.451 e. The predicted octanol–water partition coefficient (Wildman–Crippen LogP) is 1.46. The summed E-state index contributed by atoms with van der Waals surface area (Å²) in [6.45, 7) is 8.85. The van der Waals surface area contributed by atoms with Crippen molar-refractivity contribution >= 4 is 18.1 Å². The number of aromatic nitrogens is 3. The Balaban J connectivity index is 1.90. The van der Waals surface area contributed by atoms with Crippen LogP contribution in [-0.2, 0) is 24.7 Å². The van der Waals surface area contributed by atoms with Gasteiger partial charge in [0.25, 0.3) is 0 Å². The van der Waals surface area contributed by atoms with Gasteiger partial charge in [-0.3, -0.25) is 19.2 Å². The quantitative estimate of drug-likeness (QED) is 0.784. The summed E-state index contributed by atoms with van der Waals surface area (Å²) in [5, 5.41) is 6.53. The van der Waals surface area contributed by atoms with Gasteiger partial charge in [-0.05, 0) is 33.0 Å². The van der Waals surface area contributed by atoms with Crippen LogP contribution in [0.5, 0.6) is 0 Å². The molecule has 0 spiro atoms. The smallest absolute Gasteiger partial charge is 0.350 e. The van der Waals surface area contributed by atoms with Crippen LogP contribution in [0.2, 0.25) is 0 Å². The molecule has 11 heteroatoms. The van der Waals surface area contributed by atoms with Crippen molar-refractivity contribution in [1.82, 2.24) is 29.5 Å². The maximum absolute atomic E-state index is 12.9. The largest absolute Gasteiger partial charge is 0.451 e. The van der Waals surface area contributed by atoms with E-state index in [0.29, 0.717) is 32.7 Å². The summed E-state index contributed by atoms with van der Waals surface area (Å²) in [7, 11) is 1.26. The van der Waals surface area contributed by atoms with Gasteiger partial charge < -0.3 is 5.32 Å². The van der Waals surface area contributed by atoms with Crippen LogP contribution in [0, 0.1) is 4.77 Å². The molecule has 0 saturated carbocycles. The van der Waals surface area contributed by atoms with Gasteiger partial charge in [0.1, 0.15) is 0 Å². The minimum absolute atomic E-state index is 0.0318. The van der Waals surface area contributed by atoms with E-state index in [4.69, 9.17) is 12.2 Å². The SMILES string of the molecule is Cn1c(C(F)(F)F)nn(CN2CCN(CC(=O)NC(C)(C)C)CC2)c1=S. The third kappa shape index (κ3) is 5.52. The van der Waals surface area contributed by atoms with Crippen LogP contribution in [0.3, 0.4) is 0 Å². The number of hydrogen-bond donors (Lipinski definition) is 1. The van der Waals surface area contributed by atoms with Crippen molar-refractivity contribution < 1.29 is 18.0 Å². The molecule has 1 saturated heterocycles. The summed E-state index contributed by atoms with van der Waals surface area (Å²) < 4.78 is 40.8. The standard InChI is InChI=1S/C15H25F3N6OS/c1-14(2,3)19-11(25)9-22-5-7-23(8-6-22)10-24-13(26)21(4)12(20-24)15(16,17)18/h5-10H2,1-4H3,(H,19,25). The van der Waals surface area contributed by atoms with E-state index >= 15 is 0 Å². The average molecular weight is 394 g/mol. The number of amides is 1. The van der Waals surface area contributed by atoms with Crippen molar-refractivity contribution in [1.29, 1.82) is 0 Å². The fourth-order valence-electron chi connectivity index (χ4n) is 2.77. The first-order valence-electron chi connectivity index (χ1n) is 8.33. The normalized spacial score (nSPS) is 17.5. The second-order valence-corrected chi connectivity index (χ2v) is 7.86. The fraction of sp³-hybridized carbons (Fsp3) is 0.800. The Labute approximate surface area is 155 Å². The topological polar surface area (TPSA) is 58.3 Å². The Morgan fingerprint density at radius 2 is 1.69 bits per heavy atom. The molecule has 0 radical (unpaired) electrons. The van der Waals surface area contributed by atoms with Crippen LogP contribution in [-0.4, -0.2) is 68.3 Å². The van der Waals surface area contributed by atoms with E-state index in [0.717, 1.165) is 4.57 Å². The number of alkyl halides is 3. The Morgan fingerprint density at radius 1 is 1.15 bits per heavy atom. The summed E-state index contributed by atoms with van der Waals surface area (Å²) in [4.78, 5) is 16.0. The van der Waals surface area contributed by atoms with E-state index < -0.39 is 12.0 Å². The van der Waals surface area contributed by atoms with Gasteiger partial charge >= 0.3 is 6.18 Å². The van der Waals surface area contributed by atoms with Gasteiger partial charge in [0, 0.05) is 38.8 Å². The molecule has 0 aromatic carbocycles. The van der Waals surface area contributed by atoms with Gasteiger partial charge in [0.15, 0.2) is 4.77 Å². The first kappa shape index (κ1) is 20.8. The lowest BCUT2D eigenvalue weighted by Gasteiger charge is -2.34. The lowest BCUT2D eigenvalue weighted by atomic mass is 10.1. The molecule has 1 N–H and O–H groups in total. The highest BCUT2D eigenvalue weighted by Crippen LogP contribution is 2.27. The molecule has 148 valence electrons. The molecule has 0 atom stereocenters. The Bertz CT molecular complexity index is 698. The molecular formula is C15H25F3N6OS. The zero-order chi connectivity index (χ0) is 19.7. The molecule has 0 bridgehead atoms. The summed E-state index contributed by atoms with van der Waals surface area (Å²) in [6.07, 6.45) is -4.54. The molecule has 1 fully saturated rings. The minimum atomic E-state index is -4.54. The summed E-state index contributed by atoms with van der Waals surface area (Å²) in [6, 6.07) is 0. The zero-order valence-corrected chi connectivity index (χ0v) is 16.2. The number of nitrogens with one attached hydrogen (secondary N) is 1. The maximum atomic E-state index is 12.9. The molecule has 2 heterocycles. The highest BCUT2D eigenvalue weighted by atomic mass is 32.1. The van der Waals surface area contributed by atoms with Crippen molar-refractivity contribution in [3.63, 3.8) is 0 Å².